The third-order valence-corrected chi connectivity index (χ3v) is 3.97. The molecule has 0 aliphatic carbocycles. The van der Waals surface area contributed by atoms with Gasteiger partial charge in [-0.15, -0.1) is 0 Å². The summed E-state index contributed by atoms with van der Waals surface area (Å²) in [6.07, 6.45) is 5.38. The molecule has 0 saturated heterocycles. The Bertz CT molecular complexity index is 533. The lowest BCUT2D eigenvalue weighted by atomic mass is 10.0. The molecule has 88 valence electrons. The number of imidazole rings is 1. The van der Waals surface area contributed by atoms with Crippen LogP contribution in [0.5, 0.6) is 0 Å². The van der Waals surface area contributed by atoms with Crippen molar-refractivity contribution in [2.45, 2.75) is 32.2 Å². The summed E-state index contributed by atoms with van der Waals surface area (Å²) >= 11 is 3.57. The van der Waals surface area contributed by atoms with Gasteiger partial charge in [-0.25, -0.2) is 4.98 Å². The Morgan fingerprint density at radius 3 is 3.06 bits per heavy atom. The predicted molar refractivity (Wildman–Crippen MR) is 70.8 cm³/mol. The second-order valence-corrected chi connectivity index (χ2v) is 5.25. The molecule has 1 atom stereocenters. The first kappa shape index (κ1) is 11.0. The van der Waals surface area contributed by atoms with Crippen molar-refractivity contribution in [1.29, 1.82) is 0 Å². The highest BCUT2D eigenvalue weighted by molar-refractivity contribution is 9.10. The van der Waals surface area contributed by atoms with Crippen molar-refractivity contribution in [2.75, 3.05) is 0 Å². The monoisotopic (exact) mass is 291 g/mol. The number of hydrogen-bond donors (Lipinski definition) is 0. The van der Waals surface area contributed by atoms with Crippen molar-refractivity contribution in [3.8, 4) is 11.5 Å². The fraction of sp³-hybridized carbons (Fsp3) is 0.385. The van der Waals surface area contributed by atoms with E-state index in [1.807, 2.05) is 24.4 Å². The molecule has 1 unspecified atom stereocenters. The minimum atomic E-state index is 0.509. The molecule has 0 amide bonds. The summed E-state index contributed by atoms with van der Waals surface area (Å²) in [5.74, 6) is 0.986. The first-order valence-corrected chi connectivity index (χ1v) is 6.74. The molecule has 0 bridgehead atoms. The van der Waals surface area contributed by atoms with Gasteiger partial charge in [-0.3, -0.25) is 4.98 Å². The smallest absolute Gasteiger partial charge is 0.160 e. The van der Waals surface area contributed by atoms with Crippen LogP contribution < -0.4 is 0 Å². The Morgan fingerprint density at radius 2 is 2.29 bits per heavy atom. The van der Waals surface area contributed by atoms with Crippen LogP contribution in [-0.4, -0.2) is 14.5 Å². The van der Waals surface area contributed by atoms with Crippen LogP contribution in [0.25, 0.3) is 11.5 Å². The van der Waals surface area contributed by atoms with Crippen LogP contribution in [0.3, 0.4) is 0 Å². The Morgan fingerprint density at radius 1 is 1.41 bits per heavy atom. The number of fused-ring (bicyclic) bond motifs is 1. The lowest BCUT2D eigenvalue weighted by Crippen LogP contribution is -2.16. The molecule has 0 spiro atoms. The normalized spacial score (nSPS) is 19.1. The van der Waals surface area contributed by atoms with Gasteiger partial charge in [0.25, 0.3) is 0 Å². The molecule has 17 heavy (non-hydrogen) atoms. The predicted octanol–water partition coefficient (Wildman–Crippen LogP) is 3.60. The van der Waals surface area contributed by atoms with Gasteiger partial charge in [0.15, 0.2) is 5.82 Å². The van der Waals surface area contributed by atoms with Gasteiger partial charge >= 0.3 is 0 Å². The number of nitrogens with zero attached hydrogens (tertiary/aromatic N) is 3. The number of pyridine rings is 1. The Kier molecular flexibility index (Phi) is 2.74. The average molecular weight is 292 g/mol. The highest BCUT2D eigenvalue weighted by Crippen LogP contribution is 2.34. The SMILES string of the molecule is CC1CCCc2c(Br)nc(-c3ccccn3)n21. The minimum Gasteiger partial charge on any atom is -0.323 e. The fourth-order valence-corrected chi connectivity index (χ4v) is 3.06. The van der Waals surface area contributed by atoms with Gasteiger partial charge < -0.3 is 4.57 Å². The maximum atomic E-state index is 4.63. The standard InChI is InChI=1S/C13H14BrN3/c1-9-5-4-7-11-12(14)16-13(17(9)11)10-6-2-3-8-15-10/h2-3,6,8-9H,4-5,7H2,1H3. The van der Waals surface area contributed by atoms with Gasteiger partial charge in [-0.1, -0.05) is 6.07 Å². The molecular weight excluding hydrogens is 278 g/mol. The molecule has 4 heteroatoms. The quantitative estimate of drug-likeness (QED) is 0.804. The number of halogens is 1. The van der Waals surface area contributed by atoms with Crippen molar-refractivity contribution >= 4 is 15.9 Å². The first-order valence-electron chi connectivity index (χ1n) is 5.95. The van der Waals surface area contributed by atoms with Crippen LogP contribution in [0.2, 0.25) is 0 Å². The molecule has 3 heterocycles. The molecule has 0 saturated carbocycles. The van der Waals surface area contributed by atoms with Crippen molar-refractivity contribution in [1.82, 2.24) is 14.5 Å². The summed E-state index contributed by atoms with van der Waals surface area (Å²) in [5.41, 5.74) is 2.26. The fourth-order valence-electron chi connectivity index (χ4n) is 2.51. The second-order valence-electron chi connectivity index (χ2n) is 4.50. The van der Waals surface area contributed by atoms with E-state index in [4.69, 9.17) is 0 Å². The van der Waals surface area contributed by atoms with E-state index in [9.17, 15) is 0 Å². The average Bonchev–Trinajstić information content (AvgIpc) is 2.70. The van der Waals surface area contributed by atoms with Gasteiger partial charge in [0.2, 0.25) is 0 Å². The second kappa shape index (κ2) is 4.26. The van der Waals surface area contributed by atoms with Crippen LogP contribution in [-0.2, 0) is 6.42 Å². The van der Waals surface area contributed by atoms with Gasteiger partial charge in [-0.05, 0) is 54.2 Å². The lowest BCUT2D eigenvalue weighted by molar-refractivity contribution is 0.434. The topological polar surface area (TPSA) is 30.7 Å². The Labute approximate surface area is 109 Å². The van der Waals surface area contributed by atoms with E-state index in [1.165, 1.54) is 18.5 Å². The third kappa shape index (κ3) is 1.80. The molecule has 2 aromatic heterocycles. The largest absolute Gasteiger partial charge is 0.323 e. The maximum Gasteiger partial charge on any atom is 0.160 e. The zero-order valence-corrected chi connectivity index (χ0v) is 11.3. The Balaban J connectivity index is 2.18. The van der Waals surface area contributed by atoms with E-state index in [0.717, 1.165) is 22.5 Å². The number of hydrogen-bond acceptors (Lipinski definition) is 2. The van der Waals surface area contributed by atoms with Crippen LogP contribution in [0.4, 0.5) is 0 Å². The number of aromatic nitrogens is 3. The lowest BCUT2D eigenvalue weighted by Gasteiger charge is -2.24. The summed E-state index contributed by atoms with van der Waals surface area (Å²) in [7, 11) is 0. The molecule has 0 N–H and O–H groups in total. The molecule has 0 fully saturated rings. The summed E-state index contributed by atoms with van der Waals surface area (Å²) in [6.45, 7) is 2.25. The summed E-state index contributed by atoms with van der Waals surface area (Å²) in [5, 5.41) is 0. The maximum absolute atomic E-state index is 4.63. The highest BCUT2D eigenvalue weighted by Gasteiger charge is 2.24. The van der Waals surface area contributed by atoms with Crippen molar-refractivity contribution in [2.24, 2.45) is 0 Å². The molecule has 1 aliphatic rings. The van der Waals surface area contributed by atoms with E-state index < -0.39 is 0 Å². The molecule has 0 radical (unpaired) electrons. The van der Waals surface area contributed by atoms with Crippen LogP contribution >= 0.6 is 15.9 Å². The van der Waals surface area contributed by atoms with Crippen LogP contribution in [0.1, 0.15) is 31.5 Å². The highest BCUT2D eigenvalue weighted by atomic mass is 79.9. The zero-order chi connectivity index (χ0) is 11.8. The van der Waals surface area contributed by atoms with Gasteiger partial charge in [0.1, 0.15) is 10.3 Å². The van der Waals surface area contributed by atoms with Crippen molar-refractivity contribution in [3.63, 3.8) is 0 Å². The zero-order valence-electron chi connectivity index (χ0n) is 9.73. The van der Waals surface area contributed by atoms with E-state index >= 15 is 0 Å². The summed E-state index contributed by atoms with van der Waals surface area (Å²) in [4.78, 5) is 9.03. The van der Waals surface area contributed by atoms with Crippen LogP contribution in [0.15, 0.2) is 29.0 Å². The van der Waals surface area contributed by atoms with E-state index in [-0.39, 0.29) is 0 Å². The number of rotatable bonds is 1. The van der Waals surface area contributed by atoms with Gasteiger partial charge in [0, 0.05) is 12.2 Å². The van der Waals surface area contributed by atoms with Crippen molar-refractivity contribution < 1.29 is 0 Å². The molecule has 0 aromatic carbocycles. The van der Waals surface area contributed by atoms with E-state index in [1.54, 1.807) is 0 Å². The van der Waals surface area contributed by atoms with E-state index in [2.05, 4.69) is 37.4 Å². The summed E-state index contributed by atoms with van der Waals surface area (Å²) < 4.78 is 3.31. The molecule has 3 nitrogen and oxygen atoms in total. The minimum absolute atomic E-state index is 0.509. The van der Waals surface area contributed by atoms with Gasteiger partial charge in [-0.2, -0.15) is 0 Å². The molecule has 3 rings (SSSR count). The molecular formula is C13H14BrN3. The van der Waals surface area contributed by atoms with Crippen molar-refractivity contribution in [3.05, 3.63) is 34.7 Å². The van der Waals surface area contributed by atoms with Gasteiger partial charge in [0.05, 0.1) is 5.69 Å². The Hall–Kier alpha value is -1.16. The van der Waals surface area contributed by atoms with Crippen LogP contribution in [0, 0.1) is 0 Å². The third-order valence-electron chi connectivity index (χ3n) is 3.33. The molecule has 1 aliphatic heterocycles. The summed E-state index contributed by atoms with van der Waals surface area (Å²) in [6, 6.07) is 6.46. The van der Waals surface area contributed by atoms with E-state index in [0.29, 0.717) is 6.04 Å². The first-order chi connectivity index (χ1) is 8.27. The molecule has 2 aromatic rings.